The Hall–Kier alpha value is -5.69. The molecule has 1 unspecified atom stereocenters. The number of benzene rings is 4. The summed E-state index contributed by atoms with van der Waals surface area (Å²) < 4.78 is 18.0. The number of aromatic hydroxyl groups is 1. The van der Waals surface area contributed by atoms with E-state index in [1.54, 1.807) is 12.1 Å². The number of piperidine rings is 3. The third-order valence-corrected chi connectivity index (χ3v) is 12.8. The van der Waals surface area contributed by atoms with Crippen LogP contribution in [0.25, 0.3) is 10.9 Å². The Morgan fingerprint density at radius 2 is 1.61 bits per heavy atom. The predicted octanol–water partition coefficient (Wildman–Crippen LogP) is 7.18. The Kier molecular flexibility index (Phi) is 13.3. The van der Waals surface area contributed by atoms with Gasteiger partial charge in [0.05, 0.1) is 29.7 Å². The number of pyridine rings is 1. The number of phenols is 1. The van der Waals surface area contributed by atoms with Gasteiger partial charge in [0.1, 0.15) is 24.2 Å². The molecule has 0 spiro atoms. The number of hydrogen-bond acceptors (Lipinski definition) is 10. The van der Waals surface area contributed by atoms with Crippen molar-refractivity contribution >= 4 is 23.0 Å². The molecule has 61 heavy (non-hydrogen) atoms. The largest absolute Gasteiger partial charge is 0.506 e. The van der Waals surface area contributed by atoms with Crippen LogP contribution in [0.2, 0.25) is 0 Å². The number of ether oxygens (including phenoxy) is 3. The van der Waals surface area contributed by atoms with Gasteiger partial charge in [-0.05, 0) is 116 Å². The number of aromatic nitrogens is 1. The Balaban J connectivity index is 0.796. The van der Waals surface area contributed by atoms with Crippen molar-refractivity contribution in [3.05, 3.63) is 141 Å². The molecule has 1 aromatic heterocycles. The first-order valence-electron chi connectivity index (χ1n) is 21.7. The van der Waals surface area contributed by atoms with Crippen molar-refractivity contribution in [3.63, 3.8) is 0 Å². The molecule has 3 saturated heterocycles. The molecule has 320 valence electrons. The van der Waals surface area contributed by atoms with Crippen LogP contribution in [0.4, 0.5) is 4.79 Å². The van der Waals surface area contributed by atoms with E-state index in [0.717, 1.165) is 86.8 Å². The van der Waals surface area contributed by atoms with Crippen molar-refractivity contribution in [3.8, 4) is 11.5 Å². The zero-order valence-corrected chi connectivity index (χ0v) is 34.5. The summed E-state index contributed by atoms with van der Waals surface area (Å²) in [6.45, 7) is 4.58. The van der Waals surface area contributed by atoms with Crippen LogP contribution < -0.4 is 20.9 Å². The molecule has 5 aromatic rings. The zero-order valence-electron chi connectivity index (χ0n) is 34.5. The summed E-state index contributed by atoms with van der Waals surface area (Å²) in [5.41, 5.74) is 3.78. The number of nitrogens with one attached hydrogen (secondary N) is 3. The van der Waals surface area contributed by atoms with Gasteiger partial charge >= 0.3 is 12.1 Å². The van der Waals surface area contributed by atoms with Crippen molar-refractivity contribution in [1.82, 2.24) is 20.5 Å². The average Bonchev–Trinajstić information content (AvgIpc) is 3.80. The number of carbonyl (C=O) groups is 2. The summed E-state index contributed by atoms with van der Waals surface area (Å²) in [5.74, 6) is 0.921. The molecule has 3 aliphatic heterocycles. The molecular formula is C49H56N4O8. The van der Waals surface area contributed by atoms with Gasteiger partial charge in [-0.25, -0.2) is 4.79 Å². The number of aromatic amines is 1. The number of nitrogens with zero attached hydrogens (tertiary/aromatic N) is 1. The second-order valence-electron chi connectivity index (χ2n) is 16.8. The number of H-pyrrole nitrogens is 1. The summed E-state index contributed by atoms with van der Waals surface area (Å²) in [7, 11) is 0. The molecule has 4 aromatic carbocycles. The first-order valence-corrected chi connectivity index (χ1v) is 21.7. The Morgan fingerprint density at radius 3 is 2.33 bits per heavy atom. The van der Waals surface area contributed by atoms with Crippen molar-refractivity contribution in [2.24, 2.45) is 5.92 Å². The van der Waals surface area contributed by atoms with E-state index in [4.69, 9.17) is 14.2 Å². The number of hydrogen-bond donors (Lipinski definition) is 5. The molecule has 4 aliphatic rings. The molecule has 12 nitrogen and oxygen atoms in total. The number of phenolic OH excluding ortho intramolecular Hbond substituents is 1. The molecule has 12 heteroatoms. The molecule has 2 bridgehead atoms. The van der Waals surface area contributed by atoms with E-state index in [1.165, 1.54) is 12.1 Å². The average molecular weight is 829 g/mol. The quantitative estimate of drug-likeness (QED) is 0.0480. The Morgan fingerprint density at radius 1 is 0.869 bits per heavy atom. The molecule has 4 heterocycles. The monoisotopic (exact) mass is 828 g/mol. The number of amides is 1. The van der Waals surface area contributed by atoms with Gasteiger partial charge in [-0.15, -0.1) is 0 Å². The maximum absolute atomic E-state index is 13.6. The van der Waals surface area contributed by atoms with Gasteiger partial charge in [-0.3, -0.25) is 14.5 Å². The standard InChI is InChI=1S/C49H56N4O8/c54-41-20-18-39(40-19-21-44(56)51-46(40)41)42(55)30-50-26-6-7-29-59-47(57)49(24-4-5-25-49)37-14-10-33(11-15-37)32-60-38-16-12-36(13-17-38)45(35-8-2-1-3-9-35)52-48(58)61-43-31-53-27-22-34(43)23-28-53/h1-3,8-21,34,42-43,45,50,54-55H,4-7,22-32H2,(H,51,56)(H,52,58)/t42-,43-,45?/m0/s1. The van der Waals surface area contributed by atoms with E-state index >= 15 is 0 Å². The number of unbranched alkanes of at least 4 members (excludes halogenated alkanes) is 1. The van der Waals surface area contributed by atoms with Crippen LogP contribution in [0.15, 0.2) is 108 Å². The summed E-state index contributed by atoms with van der Waals surface area (Å²) in [4.78, 5) is 43.5. The predicted molar refractivity (Wildman–Crippen MR) is 232 cm³/mol. The van der Waals surface area contributed by atoms with Gasteiger partial charge in [0.2, 0.25) is 5.56 Å². The normalized spacial score (nSPS) is 20.2. The van der Waals surface area contributed by atoms with Crippen molar-refractivity contribution in [2.75, 3.05) is 39.3 Å². The van der Waals surface area contributed by atoms with Crippen LogP contribution in [0.5, 0.6) is 11.5 Å². The SMILES string of the molecule is O=C(NC(c1ccccc1)c1ccc(OCc2ccc(C3(C(=O)OCCCCNC[C@H](O)c4ccc(O)c5[nH]c(=O)ccc45)CCCC3)cc2)cc1)O[C@H]1CN2CCC1CC2. The van der Waals surface area contributed by atoms with E-state index in [2.05, 4.69) is 20.5 Å². The van der Waals surface area contributed by atoms with Gasteiger partial charge in [0.25, 0.3) is 0 Å². The van der Waals surface area contributed by atoms with Crippen LogP contribution in [0.3, 0.4) is 0 Å². The number of alkyl carbamates (subject to hydrolysis) is 1. The smallest absolute Gasteiger partial charge is 0.408 e. The molecular weight excluding hydrogens is 773 g/mol. The molecule has 1 aliphatic carbocycles. The second kappa shape index (κ2) is 19.4. The molecule has 1 amide bonds. The number of carbonyl (C=O) groups excluding carboxylic acids is 2. The maximum atomic E-state index is 13.6. The van der Waals surface area contributed by atoms with Crippen LogP contribution in [-0.4, -0.2) is 77.6 Å². The number of rotatable bonds is 17. The fraction of sp³-hybridized carbons (Fsp3) is 0.408. The molecule has 3 atom stereocenters. The lowest BCUT2D eigenvalue weighted by molar-refractivity contribution is -0.150. The maximum Gasteiger partial charge on any atom is 0.408 e. The van der Waals surface area contributed by atoms with Crippen molar-refractivity contribution in [2.45, 2.75) is 81.6 Å². The van der Waals surface area contributed by atoms with Crippen LogP contribution in [0.1, 0.15) is 91.3 Å². The fourth-order valence-electron chi connectivity index (χ4n) is 9.32. The van der Waals surface area contributed by atoms with Gasteiger partial charge in [-0.1, -0.05) is 85.6 Å². The first kappa shape index (κ1) is 42.0. The lowest BCUT2D eigenvalue weighted by atomic mass is 9.78. The van der Waals surface area contributed by atoms with E-state index < -0.39 is 17.6 Å². The third kappa shape index (κ3) is 9.93. The highest BCUT2D eigenvalue weighted by molar-refractivity contribution is 5.87. The highest BCUT2D eigenvalue weighted by Gasteiger charge is 2.44. The highest BCUT2D eigenvalue weighted by atomic mass is 16.6. The lowest BCUT2D eigenvalue weighted by Gasteiger charge is -2.43. The Labute approximate surface area is 356 Å². The topological polar surface area (TPSA) is 162 Å². The minimum Gasteiger partial charge on any atom is -0.506 e. The van der Waals surface area contributed by atoms with Crippen molar-refractivity contribution < 1.29 is 34.0 Å². The molecule has 9 rings (SSSR count). The van der Waals surface area contributed by atoms with Gasteiger partial charge in [0.15, 0.2) is 0 Å². The van der Waals surface area contributed by atoms with Gasteiger partial charge in [0, 0.05) is 24.5 Å². The van der Waals surface area contributed by atoms with Gasteiger partial charge < -0.3 is 40.0 Å². The molecule has 1 saturated carbocycles. The highest BCUT2D eigenvalue weighted by Crippen LogP contribution is 2.42. The van der Waals surface area contributed by atoms with Crippen LogP contribution in [0, 0.1) is 5.92 Å². The van der Waals surface area contributed by atoms with E-state index in [1.807, 2.05) is 78.9 Å². The number of aliphatic hydroxyl groups excluding tert-OH is 1. The zero-order chi connectivity index (χ0) is 42.2. The minimum absolute atomic E-state index is 0.0463. The lowest BCUT2D eigenvalue weighted by Crippen LogP contribution is -2.52. The van der Waals surface area contributed by atoms with Gasteiger partial charge in [-0.2, -0.15) is 0 Å². The number of fused-ring (bicyclic) bond motifs is 4. The van der Waals surface area contributed by atoms with E-state index in [9.17, 15) is 24.6 Å². The van der Waals surface area contributed by atoms with Crippen LogP contribution in [-0.2, 0) is 26.3 Å². The summed E-state index contributed by atoms with van der Waals surface area (Å²) in [6, 6.07) is 31.6. The van der Waals surface area contributed by atoms with Crippen molar-refractivity contribution in [1.29, 1.82) is 0 Å². The van der Waals surface area contributed by atoms with Crippen LogP contribution >= 0.6 is 0 Å². The molecule has 0 radical (unpaired) electrons. The summed E-state index contributed by atoms with van der Waals surface area (Å²) in [6.07, 6.45) is 5.74. The first-order chi connectivity index (χ1) is 29.8. The summed E-state index contributed by atoms with van der Waals surface area (Å²) in [5, 5.41) is 27.9. The third-order valence-electron chi connectivity index (χ3n) is 12.8. The Bertz CT molecular complexity index is 2300. The minimum atomic E-state index is -0.834. The number of aliphatic hydroxyl groups is 1. The van der Waals surface area contributed by atoms with E-state index in [0.29, 0.717) is 60.9 Å². The second-order valence-corrected chi connectivity index (χ2v) is 16.8. The fourth-order valence-corrected chi connectivity index (χ4v) is 9.32. The number of esters is 1. The van der Waals surface area contributed by atoms with E-state index in [-0.39, 0.29) is 29.4 Å². The molecule has 5 N–H and O–H groups in total. The molecule has 4 fully saturated rings. The summed E-state index contributed by atoms with van der Waals surface area (Å²) >= 11 is 0.